The molecule has 1 aliphatic rings. The number of carbonyl (C=O) groups excluding carboxylic acids is 2. The number of carbonyl (C=O) groups is 2. The van der Waals surface area contributed by atoms with Gasteiger partial charge in [0.15, 0.2) is 0 Å². The summed E-state index contributed by atoms with van der Waals surface area (Å²) in [4.78, 5) is 34.2. The summed E-state index contributed by atoms with van der Waals surface area (Å²) in [5.74, 6) is 0.998. The van der Waals surface area contributed by atoms with Crippen molar-refractivity contribution in [1.29, 1.82) is 0 Å². The van der Waals surface area contributed by atoms with Crippen LogP contribution in [0.4, 0.5) is 16.3 Å². The number of piperazine rings is 1. The Morgan fingerprint density at radius 3 is 2.33 bits per heavy atom. The molecule has 0 atom stereocenters. The Labute approximate surface area is 159 Å². The van der Waals surface area contributed by atoms with E-state index < -0.39 is 0 Å². The summed E-state index contributed by atoms with van der Waals surface area (Å²) in [6.07, 6.45) is 2.14. The van der Waals surface area contributed by atoms with E-state index >= 15 is 0 Å². The number of nitrogens with zero attached hydrogens (tertiary/aromatic N) is 4. The van der Waals surface area contributed by atoms with E-state index in [-0.39, 0.29) is 11.9 Å². The van der Waals surface area contributed by atoms with Gasteiger partial charge in [0, 0.05) is 52.2 Å². The van der Waals surface area contributed by atoms with Crippen molar-refractivity contribution < 1.29 is 9.59 Å². The quantitative estimate of drug-likeness (QED) is 0.898. The minimum absolute atomic E-state index is 0.0533. The van der Waals surface area contributed by atoms with Crippen LogP contribution >= 0.6 is 0 Å². The lowest BCUT2D eigenvalue weighted by molar-refractivity contribution is -0.127. The summed E-state index contributed by atoms with van der Waals surface area (Å²) in [6.45, 7) is 2.82. The van der Waals surface area contributed by atoms with Crippen molar-refractivity contribution in [2.75, 3.05) is 50.5 Å². The molecule has 1 aromatic carbocycles. The summed E-state index contributed by atoms with van der Waals surface area (Å²) < 4.78 is 0. The molecule has 2 heterocycles. The fourth-order valence-corrected chi connectivity index (χ4v) is 2.92. The molecule has 27 heavy (non-hydrogen) atoms. The molecule has 0 saturated carbocycles. The van der Waals surface area contributed by atoms with E-state index in [1.54, 1.807) is 25.2 Å². The molecule has 3 rings (SSSR count). The molecule has 1 saturated heterocycles. The number of amides is 3. The lowest BCUT2D eigenvalue weighted by Gasteiger charge is -2.35. The molecule has 1 aliphatic heterocycles. The average molecular weight is 367 g/mol. The van der Waals surface area contributed by atoms with Crippen LogP contribution in [-0.2, 0) is 11.2 Å². The molecule has 0 unspecified atom stereocenters. The van der Waals surface area contributed by atoms with Crippen LogP contribution < -0.4 is 10.2 Å². The minimum Gasteiger partial charge on any atom is -0.353 e. The highest BCUT2D eigenvalue weighted by Gasteiger charge is 2.21. The zero-order valence-electron chi connectivity index (χ0n) is 15.8. The molecule has 7 nitrogen and oxygen atoms in total. The molecule has 1 N–H and O–H groups in total. The van der Waals surface area contributed by atoms with Gasteiger partial charge >= 0.3 is 6.03 Å². The number of nitrogens with one attached hydrogen (secondary N) is 1. The molecule has 142 valence electrons. The number of anilines is 2. The van der Waals surface area contributed by atoms with Crippen LogP contribution in [0.5, 0.6) is 0 Å². The first-order chi connectivity index (χ1) is 13.0. The highest BCUT2D eigenvalue weighted by atomic mass is 16.2. The van der Waals surface area contributed by atoms with Gasteiger partial charge in [-0.1, -0.05) is 18.2 Å². The monoisotopic (exact) mass is 367 g/mol. The third-order valence-electron chi connectivity index (χ3n) is 4.60. The first kappa shape index (κ1) is 18.7. The first-order valence-electron chi connectivity index (χ1n) is 9.04. The van der Waals surface area contributed by atoms with Crippen molar-refractivity contribution in [1.82, 2.24) is 14.8 Å². The van der Waals surface area contributed by atoms with Gasteiger partial charge in [-0.15, -0.1) is 0 Å². The zero-order valence-corrected chi connectivity index (χ0v) is 15.8. The normalized spacial score (nSPS) is 14.0. The van der Waals surface area contributed by atoms with Crippen molar-refractivity contribution in [3.8, 4) is 0 Å². The Morgan fingerprint density at radius 2 is 1.74 bits per heavy atom. The highest BCUT2D eigenvalue weighted by molar-refractivity contribution is 5.89. The van der Waals surface area contributed by atoms with Crippen LogP contribution in [0.15, 0.2) is 48.7 Å². The second kappa shape index (κ2) is 8.53. The number of hydrogen-bond acceptors (Lipinski definition) is 4. The van der Waals surface area contributed by atoms with E-state index in [9.17, 15) is 9.59 Å². The van der Waals surface area contributed by atoms with Gasteiger partial charge in [0.25, 0.3) is 0 Å². The summed E-state index contributed by atoms with van der Waals surface area (Å²) in [5.41, 5.74) is 1.66. The average Bonchev–Trinajstić information content (AvgIpc) is 2.70. The summed E-state index contributed by atoms with van der Waals surface area (Å²) in [7, 11) is 3.48. The summed E-state index contributed by atoms with van der Waals surface area (Å²) >= 11 is 0. The van der Waals surface area contributed by atoms with E-state index in [1.165, 1.54) is 0 Å². The van der Waals surface area contributed by atoms with Crippen LogP contribution in [-0.4, -0.2) is 67.0 Å². The van der Waals surface area contributed by atoms with Crippen molar-refractivity contribution in [2.45, 2.75) is 6.42 Å². The molecule has 0 bridgehead atoms. The topological polar surface area (TPSA) is 68.8 Å². The Morgan fingerprint density at radius 1 is 1.04 bits per heavy atom. The molecular formula is C20H25N5O2. The number of urea groups is 1. The van der Waals surface area contributed by atoms with Gasteiger partial charge in [-0.3, -0.25) is 4.79 Å². The second-order valence-electron chi connectivity index (χ2n) is 6.75. The zero-order chi connectivity index (χ0) is 19.2. The van der Waals surface area contributed by atoms with Gasteiger partial charge in [0.05, 0.1) is 6.42 Å². The molecule has 3 amide bonds. The van der Waals surface area contributed by atoms with Crippen LogP contribution in [0.3, 0.4) is 0 Å². The van der Waals surface area contributed by atoms with Crippen molar-refractivity contribution in [3.63, 3.8) is 0 Å². The van der Waals surface area contributed by atoms with Crippen LogP contribution in [0, 0.1) is 0 Å². The Bertz CT molecular complexity index is 769. The first-order valence-corrected chi connectivity index (χ1v) is 9.04. The maximum Gasteiger partial charge on any atom is 0.321 e. The second-order valence-corrected chi connectivity index (χ2v) is 6.75. The van der Waals surface area contributed by atoms with Gasteiger partial charge in [-0.05, 0) is 29.8 Å². The molecule has 1 fully saturated rings. The number of hydrogen-bond donors (Lipinski definition) is 1. The lowest BCUT2D eigenvalue weighted by Crippen LogP contribution is -2.50. The van der Waals surface area contributed by atoms with Gasteiger partial charge in [0.1, 0.15) is 5.82 Å². The predicted octanol–water partition coefficient (Wildman–Crippen LogP) is 2.07. The van der Waals surface area contributed by atoms with Gasteiger partial charge < -0.3 is 20.0 Å². The third-order valence-corrected chi connectivity index (χ3v) is 4.60. The van der Waals surface area contributed by atoms with E-state index in [0.717, 1.165) is 30.2 Å². The minimum atomic E-state index is -0.104. The highest BCUT2D eigenvalue weighted by Crippen LogP contribution is 2.15. The summed E-state index contributed by atoms with van der Waals surface area (Å²) in [6, 6.07) is 13.2. The fraction of sp³-hybridized carbons (Fsp3) is 0.350. The smallest absolute Gasteiger partial charge is 0.321 e. The molecule has 1 aromatic heterocycles. The summed E-state index contributed by atoms with van der Waals surface area (Å²) in [5, 5.41) is 2.93. The Kier molecular flexibility index (Phi) is 5.90. The van der Waals surface area contributed by atoms with Gasteiger partial charge in [-0.2, -0.15) is 0 Å². The van der Waals surface area contributed by atoms with E-state index in [0.29, 0.717) is 19.5 Å². The maximum atomic E-state index is 12.5. The van der Waals surface area contributed by atoms with Crippen LogP contribution in [0.2, 0.25) is 0 Å². The van der Waals surface area contributed by atoms with Gasteiger partial charge in [0.2, 0.25) is 5.91 Å². The number of benzene rings is 1. The molecule has 2 aromatic rings. The Balaban J connectivity index is 1.50. The van der Waals surface area contributed by atoms with Crippen molar-refractivity contribution in [3.05, 3.63) is 54.2 Å². The number of pyridine rings is 1. The van der Waals surface area contributed by atoms with Crippen LogP contribution in [0.25, 0.3) is 0 Å². The van der Waals surface area contributed by atoms with Gasteiger partial charge in [-0.25, -0.2) is 9.78 Å². The van der Waals surface area contributed by atoms with E-state index in [1.807, 2.05) is 47.4 Å². The van der Waals surface area contributed by atoms with E-state index in [2.05, 4.69) is 15.2 Å². The van der Waals surface area contributed by atoms with Crippen molar-refractivity contribution in [2.24, 2.45) is 0 Å². The van der Waals surface area contributed by atoms with E-state index in [4.69, 9.17) is 0 Å². The molecule has 0 radical (unpaired) electrons. The molecule has 0 aliphatic carbocycles. The van der Waals surface area contributed by atoms with Crippen molar-refractivity contribution >= 4 is 23.4 Å². The van der Waals surface area contributed by atoms with Crippen LogP contribution in [0.1, 0.15) is 5.56 Å². The Hall–Kier alpha value is -3.09. The largest absolute Gasteiger partial charge is 0.353 e. The fourth-order valence-electron chi connectivity index (χ4n) is 2.92. The SMILES string of the molecule is CN(C)C(=O)Cc1ccc(NC(=O)N2CCN(c3ccccn3)CC2)cc1. The predicted molar refractivity (Wildman–Crippen MR) is 106 cm³/mol. The number of rotatable bonds is 4. The number of aromatic nitrogens is 1. The maximum absolute atomic E-state index is 12.5. The molecular weight excluding hydrogens is 342 g/mol. The lowest BCUT2D eigenvalue weighted by atomic mass is 10.1. The molecule has 7 heteroatoms. The third kappa shape index (κ3) is 4.97. The molecule has 0 spiro atoms. The standard InChI is InChI=1S/C20H25N5O2/c1-23(2)19(26)15-16-6-8-17(9-7-16)22-20(27)25-13-11-24(12-14-25)18-5-3-4-10-21-18/h3-10H,11-15H2,1-2H3,(H,22,27). The number of likely N-dealkylation sites (N-methyl/N-ethyl adjacent to an activating group) is 1.